The van der Waals surface area contributed by atoms with Crippen molar-refractivity contribution in [2.24, 2.45) is 0 Å². The zero-order valence-electron chi connectivity index (χ0n) is 9.13. The highest BCUT2D eigenvalue weighted by Crippen LogP contribution is 2.29. The lowest BCUT2D eigenvalue weighted by Gasteiger charge is -2.21. The van der Waals surface area contributed by atoms with Crippen molar-refractivity contribution < 1.29 is 13.6 Å². The van der Waals surface area contributed by atoms with Gasteiger partial charge in [0, 0.05) is 17.9 Å². The molecule has 0 saturated heterocycles. The second-order valence-electron chi connectivity index (χ2n) is 4.02. The van der Waals surface area contributed by atoms with E-state index in [4.69, 9.17) is 0 Å². The fraction of sp³-hybridized carbons (Fsp3) is 0.417. The topological polar surface area (TPSA) is 20.3 Å². The summed E-state index contributed by atoms with van der Waals surface area (Å²) in [6.45, 7) is 0.470. The van der Waals surface area contributed by atoms with Gasteiger partial charge in [0.15, 0.2) is 0 Å². The summed E-state index contributed by atoms with van der Waals surface area (Å²) in [6, 6.07) is 3.61. The minimum atomic E-state index is -0.796. The molecule has 17 heavy (non-hydrogen) atoms. The van der Waals surface area contributed by atoms with Crippen LogP contribution in [0, 0.1) is 11.6 Å². The molecule has 1 aliphatic rings. The van der Waals surface area contributed by atoms with Crippen LogP contribution in [-0.2, 0) is 0 Å². The predicted molar refractivity (Wildman–Crippen MR) is 64.2 cm³/mol. The first-order valence-electron chi connectivity index (χ1n) is 5.46. The third-order valence-corrected chi connectivity index (χ3v) is 3.11. The van der Waals surface area contributed by atoms with Crippen LogP contribution in [0.25, 0.3) is 0 Å². The third kappa shape index (κ3) is 2.65. The molecule has 1 amide bonds. The molecule has 0 spiro atoms. The van der Waals surface area contributed by atoms with Gasteiger partial charge in [0.1, 0.15) is 17.2 Å². The molecule has 5 heteroatoms. The molecule has 1 fully saturated rings. The largest absolute Gasteiger partial charge is 0.335 e. The number of carbonyl (C=O) groups excluding carboxylic acids is 1. The molecular formula is C12H12BrF2NO. The molecule has 0 unspecified atom stereocenters. The zero-order chi connectivity index (χ0) is 12.4. The van der Waals surface area contributed by atoms with Gasteiger partial charge in [-0.2, -0.15) is 0 Å². The molecule has 0 bridgehead atoms. The second kappa shape index (κ2) is 5.12. The van der Waals surface area contributed by atoms with Crippen molar-refractivity contribution >= 4 is 21.8 Å². The fourth-order valence-electron chi connectivity index (χ4n) is 1.77. The van der Waals surface area contributed by atoms with Crippen LogP contribution in [0.5, 0.6) is 0 Å². The first-order chi connectivity index (χ1) is 8.15. The lowest BCUT2D eigenvalue weighted by molar-refractivity contribution is 0.0745. The van der Waals surface area contributed by atoms with Crippen LogP contribution in [0.1, 0.15) is 23.2 Å². The van der Waals surface area contributed by atoms with Crippen molar-refractivity contribution in [1.82, 2.24) is 4.90 Å². The number of halogens is 3. The second-order valence-corrected chi connectivity index (χ2v) is 4.81. The lowest BCUT2D eigenvalue weighted by atomic mass is 10.1. The number of nitrogens with zero attached hydrogens (tertiary/aromatic N) is 1. The number of hydrogen-bond acceptors (Lipinski definition) is 1. The van der Waals surface area contributed by atoms with E-state index in [1.54, 1.807) is 0 Å². The van der Waals surface area contributed by atoms with Crippen molar-refractivity contribution in [2.45, 2.75) is 18.9 Å². The number of alkyl halides is 1. The van der Waals surface area contributed by atoms with Gasteiger partial charge in [-0.05, 0) is 25.0 Å². The Hall–Kier alpha value is -0.970. The van der Waals surface area contributed by atoms with Gasteiger partial charge in [0.2, 0.25) is 0 Å². The van der Waals surface area contributed by atoms with Gasteiger partial charge < -0.3 is 4.90 Å². The Kier molecular flexibility index (Phi) is 3.76. The summed E-state index contributed by atoms with van der Waals surface area (Å²) in [7, 11) is 0. The summed E-state index contributed by atoms with van der Waals surface area (Å²) in [6.07, 6.45) is 1.82. The number of amides is 1. The van der Waals surface area contributed by atoms with Crippen LogP contribution >= 0.6 is 15.9 Å². The van der Waals surface area contributed by atoms with Crippen molar-refractivity contribution in [2.75, 3.05) is 11.9 Å². The highest BCUT2D eigenvalue weighted by atomic mass is 79.9. The Morgan fingerprint density at radius 2 is 1.94 bits per heavy atom. The Morgan fingerprint density at radius 1 is 1.35 bits per heavy atom. The van der Waals surface area contributed by atoms with Gasteiger partial charge in [-0.3, -0.25) is 4.79 Å². The zero-order valence-corrected chi connectivity index (χ0v) is 10.7. The Bertz CT molecular complexity index is 414. The van der Waals surface area contributed by atoms with E-state index in [1.165, 1.54) is 11.0 Å². The highest BCUT2D eigenvalue weighted by Gasteiger charge is 2.34. The molecule has 92 valence electrons. The van der Waals surface area contributed by atoms with Gasteiger partial charge >= 0.3 is 0 Å². The third-order valence-electron chi connectivity index (χ3n) is 2.75. The van der Waals surface area contributed by atoms with Crippen molar-refractivity contribution in [1.29, 1.82) is 0 Å². The van der Waals surface area contributed by atoms with E-state index < -0.39 is 23.1 Å². The lowest BCUT2D eigenvalue weighted by Crippen LogP contribution is -2.35. The summed E-state index contributed by atoms with van der Waals surface area (Å²) < 4.78 is 27.0. The molecule has 0 atom stereocenters. The molecule has 0 N–H and O–H groups in total. The maximum absolute atomic E-state index is 13.5. The van der Waals surface area contributed by atoms with E-state index in [0.717, 1.165) is 25.0 Å². The van der Waals surface area contributed by atoms with Crippen molar-refractivity contribution in [3.05, 3.63) is 35.4 Å². The standard InChI is InChI=1S/C12H12BrF2NO/c13-6-7-16(8-4-5-8)12(17)11-9(14)2-1-3-10(11)15/h1-3,8H,4-7H2. The van der Waals surface area contributed by atoms with Crippen LogP contribution in [0.3, 0.4) is 0 Å². The SMILES string of the molecule is O=C(c1c(F)cccc1F)N(CCBr)C1CC1. The summed E-state index contributed by atoms with van der Waals surface area (Å²) in [5.74, 6) is -2.15. The van der Waals surface area contributed by atoms with Crippen LogP contribution in [0.15, 0.2) is 18.2 Å². The van der Waals surface area contributed by atoms with E-state index in [-0.39, 0.29) is 6.04 Å². The first-order valence-corrected chi connectivity index (χ1v) is 6.58. The minimum absolute atomic E-state index is 0.138. The quantitative estimate of drug-likeness (QED) is 0.783. The fourth-order valence-corrected chi connectivity index (χ4v) is 2.16. The summed E-state index contributed by atoms with van der Waals surface area (Å²) >= 11 is 3.24. The monoisotopic (exact) mass is 303 g/mol. The molecule has 0 aromatic heterocycles. The minimum Gasteiger partial charge on any atom is -0.335 e. The Morgan fingerprint density at radius 3 is 2.41 bits per heavy atom. The summed E-state index contributed by atoms with van der Waals surface area (Å²) in [5.41, 5.74) is -0.444. The summed E-state index contributed by atoms with van der Waals surface area (Å²) in [5, 5.41) is 0.602. The van der Waals surface area contributed by atoms with Crippen molar-refractivity contribution in [3.63, 3.8) is 0 Å². The number of benzene rings is 1. The number of rotatable bonds is 4. The average Bonchev–Trinajstić information content (AvgIpc) is 3.09. The van der Waals surface area contributed by atoms with Gasteiger partial charge in [-0.25, -0.2) is 8.78 Å². The van der Waals surface area contributed by atoms with E-state index >= 15 is 0 Å². The Labute approximate surface area is 107 Å². The molecule has 2 rings (SSSR count). The van der Waals surface area contributed by atoms with Gasteiger partial charge in [0.05, 0.1) is 0 Å². The van der Waals surface area contributed by atoms with E-state index in [1.807, 2.05) is 0 Å². The van der Waals surface area contributed by atoms with Crippen LogP contribution in [0.2, 0.25) is 0 Å². The molecule has 0 aliphatic heterocycles. The van der Waals surface area contributed by atoms with Crippen LogP contribution in [0.4, 0.5) is 8.78 Å². The van der Waals surface area contributed by atoms with Gasteiger partial charge in [-0.1, -0.05) is 22.0 Å². The van der Waals surface area contributed by atoms with Crippen LogP contribution in [-0.4, -0.2) is 28.7 Å². The first kappa shape index (κ1) is 12.5. The molecule has 1 saturated carbocycles. The van der Waals surface area contributed by atoms with Gasteiger partial charge in [-0.15, -0.1) is 0 Å². The molecule has 0 heterocycles. The molecule has 2 nitrogen and oxygen atoms in total. The molecule has 0 radical (unpaired) electrons. The Balaban J connectivity index is 2.28. The number of hydrogen-bond donors (Lipinski definition) is 0. The van der Waals surface area contributed by atoms with E-state index in [9.17, 15) is 13.6 Å². The number of carbonyl (C=O) groups is 1. The predicted octanol–water partition coefficient (Wildman–Crippen LogP) is 2.96. The normalized spacial score (nSPS) is 14.8. The molecule has 1 aliphatic carbocycles. The molecular weight excluding hydrogens is 292 g/mol. The highest BCUT2D eigenvalue weighted by molar-refractivity contribution is 9.09. The van der Waals surface area contributed by atoms with Crippen LogP contribution < -0.4 is 0 Å². The van der Waals surface area contributed by atoms with E-state index in [0.29, 0.717) is 11.9 Å². The average molecular weight is 304 g/mol. The van der Waals surface area contributed by atoms with E-state index in [2.05, 4.69) is 15.9 Å². The van der Waals surface area contributed by atoms with Crippen molar-refractivity contribution in [3.8, 4) is 0 Å². The molecule has 1 aromatic rings. The maximum atomic E-state index is 13.5. The summed E-state index contributed by atoms with van der Waals surface area (Å²) in [4.78, 5) is 13.6. The molecule has 1 aromatic carbocycles. The smallest absolute Gasteiger partial charge is 0.260 e. The van der Waals surface area contributed by atoms with Gasteiger partial charge in [0.25, 0.3) is 5.91 Å². The maximum Gasteiger partial charge on any atom is 0.260 e.